The lowest BCUT2D eigenvalue weighted by molar-refractivity contribution is 0.0732. The fourth-order valence-electron chi connectivity index (χ4n) is 4.70. The van der Waals surface area contributed by atoms with Crippen molar-refractivity contribution in [2.45, 2.75) is 39.3 Å². The van der Waals surface area contributed by atoms with Gasteiger partial charge in [0.05, 0.1) is 28.4 Å². The number of rotatable bonds is 11. The van der Waals surface area contributed by atoms with Gasteiger partial charge in [0.25, 0.3) is 0 Å². The van der Waals surface area contributed by atoms with Gasteiger partial charge < -0.3 is 28.7 Å². The molecule has 0 aliphatic carbocycles. The van der Waals surface area contributed by atoms with Crippen molar-refractivity contribution in [3.8, 4) is 23.0 Å². The highest BCUT2D eigenvalue weighted by molar-refractivity contribution is 7.56. The SMILES string of the molecule is COc1cccc(OC)c1C(=O)C(C(=O)c1c(OC)cccc1OC)(C(C)CC(C)(C)C)P(=O)(O)O. The maximum absolute atomic E-state index is 14.5. The zero-order valence-corrected chi connectivity index (χ0v) is 22.8. The number of methoxy groups -OCH3 is 4. The van der Waals surface area contributed by atoms with Crippen molar-refractivity contribution in [2.75, 3.05) is 28.4 Å². The number of hydrogen-bond acceptors (Lipinski definition) is 7. The largest absolute Gasteiger partial charge is 0.496 e. The van der Waals surface area contributed by atoms with E-state index in [0.717, 1.165) is 0 Å². The van der Waals surface area contributed by atoms with Gasteiger partial charge >= 0.3 is 7.60 Å². The van der Waals surface area contributed by atoms with E-state index in [1.165, 1.54) is 59.6 Å². The zero-order valence-electron chi connectivity index (χ0n) is 21.9. The Morgan fingerprint density at radius 3 is 1.31 bits per heavy atom. The Morgan fingerprint density at radius 2 is 1.08 bits per heavy atom. The van der Waals surface area contributed by atoms with Crippen LogP contribution in [-0.4, -0.2) is 54.9 Å². The van der Waals surface area contributed by atoms with Gasteiger partial charge in [-0.25, -0.2) is 0 Å². The summed E-state index contributed by atoms with van der Waals surface area (Å²) in [6.45, 7) is 7.06. The average molecular weight is 523 g/mol. The molecular weight excluding hydrogens is 487 g/mol. The number of benzene rings is 2. The summed E-state index contributed by atoms with van der Waals surface area (Å²) in [4.78, 5) is 50.8. The molecule has 0 aliphatic heterocycles. The molecule has 2 rings (SSSR count). The van der Waals surface area contributed by atoms with E-state index < -0.39 is 35.7 Å². The van der Waals surface area contributed by atoms with Gasteiger partial charge in [-0.05, 0) is 42.0 Å². The van der Waals surface area contributed by atoms with Crippen molar-refractivity contribution >= 4 is 19.2 Å². The smallest absolute Gasteiger partial charge is 0.347 e. The molecule has 0 heterocycles. The normalized spacial score (nSPS) is 13.1. The monoisotopic (exact) mass is 522 g/mol. The molecule has 9 nitrogen and oxygen atoms in total. The molecule has 2 aromatic rings. The molecule has 198 valence electrons. The van der Waals surface area contributed by atoms with Gasteiger partial charge in [0, 0.05) is 0 Å². The van der Waals surface area contributed by atoms with Crippen molar-refractivity contribution in [3.05, 3.63) is 47.5 Å². The van der Waals surface area contributed by atoms with E-state index in [1.807, 2.05) is 20.8 Å². The molecule has 0 saturated heterocycles. The Kier molecular flexibility index (Phi) is 9.00. The molecule has 0 radical (unpaired) electrons. The van der Waals surface area contributed by atoms with Gasteiger partial charge in [-0.3, -0.25) is 14.2 Å². The van der Waals surface area contributed by atoms with Crippen LogP contribution in [0.15, 0.2) is 36.4 Å². The van der Waals surface area contributed by atoms with E-state index in [2.05, 4.69) is 0 Å². The molecule has 0 aliphatic rings. The highest BCUT2D eigenvalue weighted by atomic mass is 31.2. The summed E-state index contributed by atoms with van der Waals surface area (Å²) in [7, 11) is -0.279. The van der Waals surface area contributed by atoms with Gasteiger partial charge in [-0.15, -0.1) is 0 Å². The van der Waals surface area contributed by atoms with E-state index in [4.69, 9.17) is 18.9 Å². The maximum atomic E-state index is 14.5. The van der Waals surface area contributed by atoms with Crippen LogP contribution in [0.25, 0.3) is 0 Å². The average Bonchev–Trinajstić information content (AvgIpc) is 2.80. The fourth-order valence-corrected chi connectivity index (χ4v) is 6.12. The van der Waals surface area contributed by atoms with Gasteiger partial charge in [0.1, 0.15) is 34.1 Å². The van der Waals surface area contributed by atoms with E-state index in [0.29, 0.717) is 0 Å². The number of carbonyl (C=O) groups is 2. The number of carbonyl (C=O) groups excluding carboxylic acids is 2. The highest BCUT2D eigenvalue weighted by Gasteiger charge is 2.64. The molecule has 1 atom stereocenters. The Hall–Kier alpha value is -2.87. The first-order valence-corrected chi connectivity index (χ1v) is 12.9. The van der Waals surface area contributed by atoms with E-state index in [-0.39, 0.29) is 40.5 Å². The second-order valence-electron chi connectivity index (χ2n) is 9.71. The predicted octanol–water partition coefficient (Wildman–Crippen LogP) is 4.78. The third kappa shape index (κ3) is 5.28. The van der Waals surface area contributed by atoms with Gasteiger partial charge in [0.15, 0.2) is 11.6 Å². The van der Waals surface area contributed by atoms with Crippen LogP contribution in [0.5, 0.6) is 23.0 Å². The molecule has 0 bridgehead atoms. The van der Waals surface area contributed by atoms with E-state index in [1.54, 1.807) is 12.1 Å². The number of hydrogen-bond donors (Lipinski definition) is 2. The summed E-state index contributed by atoms with van der Waals surface area (Å²) in [5.41, 5.74) is -0.974. The minimum Gasteiger partial charge on any atom is -0.496 e. The van der Waals surface area contributed by atoms with Crippen LogP contribution < -0.4 is 18.9 Å². The maximum Gasteiger partial charge on any atom is 0.347 e. The third-order valence-electron chi connectivity index (χ3n) is 6.09. The minimum atomic E-state index is -5.53. The first-order chi connectivity index (χ1) is 16.7. The van der Waals surface area contributed by atoms with Crippen LogP contribution in [0.1, 0.15) is 54.8 Å². The summed E-state index contributed by atoms with van der Waals surface area (Å²) in [6.07, 6.45) is 0.129. The van der Waals surface area contributed by atoms with Crippen molar-refractivity contribution in [1.29, 1.82) is 0 Å². The number of ketones is 2. The van der Waals surface area contributed by atoms with Gasteiger partial charge in [-0.1, -0.05) is 39.8 Å². The molecule has 36 heavy (non-hydrogen) atoms. The highest BCUT2D eigenvalue weighted by Crippen LogP contribution is 2.61. The molecule has 1 unspecified atom stereocenters. The Balaban J connectivity index is 3.08. The van der Waals surface area contributed by atoms with E-state index >= 15 is 0 Å². The summed E-state index contributed by atoms with van der Waals surface area (Å²) in [5, 5.41) is -2.84. The molecular formula is C26H35O9P. The minimum absolute atomic E-state index is 0.0138. The van der Waals surface area contributed by atoms with E-state index in [9.17, 15) is 23.9 Å². The molecule has 10 heteroatoms. The fraction of sp³-hybridized carbons (Fsp3) is 0.462. The van der Waals surface area contributed by atoms with Crippen molar-refractivity contribution < 1.29 is 42.9 Å². The molecule has 0 aromatic heterocycles. The standard InChI is InChI=1S/C26H35O9P/c1-16(15-25(2,3)4)26(36(29,30)31,23(27)21-17(32-5)11-9-12-18(21)33-6)24(28)22-19(34-7)13-10-14-20(22)35-8/h9-14,16H,15H2,1-8H3,(H2,29,30,31). The lowest BCUT2D eigenvalue weighted by Gasteiger charge is -2.40. The molecule has 0 fully saturated rings. The van der Waals surface area contributed by atoms with Crippen molar-refractivity contribution in [3.63, 3.8) is 0 Å². The molecule has 2 N–H and O–H groups in total. The van der Waals surface area contributed by atoms with Gasteiger partial charge in [0.2, 0.25) is 5.16 Å². The van der Waals surface area contributed by atoms with Crippen LogP contribution in [0, 0.1) is 11.3 Å². The second-order valence-corrected chi connectivity index (χ2v) is 11.5. The Morgan fingerprint density at radius 1 is 0.778 bits per heavy atom. The van der Waals surface area contributed by atoms with Crippen LogP contribution in [0.3, 0.4) is 0 Å². The van der Waals surface area contributed by atoms with Crippen molar-refractivity contribution in [2.24, 2.45) is 11.3 Å². The second kappa shape index (κ2) is 11.0. The molecule has 0 amide bonds. The Labute approximate surface area is 211 Å². The van der Waals surface area contributed by atoms with Gasteiger partial charge in [-0.2, -0.15) is 0 Å². The van der Waals surface area contributed by atoms with Crippen molar-refractivity contribution in [1.82, 2.24) is 0 Å². The summed E-state index contributed by atoms with van der Waals surface area (Å²) < 4.78 is 34.9. The van der Waals surface area contributed by atoms with Crippen LogP contribution in [0.4, 0.5) is 0 Å². The molecule has 2 aromatic carbocycles. The Bertz CT molecular complexity index is 1050. The molecule has 0 spiro atoms. The lowest BCUT2D eigenvalue weighted by atomic mass is 9.73. The van der Waals surface area contributed by atoms with Crippen LogP contribution in [-0.2, 0) is 4.57 Å². The lowest BCUT2D eigenvalue weighted by Crippen LogP contribution is -2.52. The zero-order chi connectivity index (χ0) is 27.5. The summed E-state index contributed by atoms with van der Waals surface area (Å²) in [5.74, 6) is -3.29. The first-order valence-electron chi connectivity index (χ1n) is 11.3. The quantitative estimate of drug-likeness (QED) is 0.243. The summed E-state index contributed by atoms with van der Waals surface area (Å²) >= 11 is 0. The third-order valence-corrected chi connectivity index (χ3v) is 7.86. The number of Topliss-reactive ketones (excluding diaryl/α,β-unsaturated/α-hetero) is 2. The number of ether oxygens (including phenoxy) is 4. The first kappa shape index (κ1) is 29.4. The predicted molar refractivity (Wildman–Crippen MR) is 136 cm³/mol. The van der Waals surface area contributed by atoms with Crippen LogP contribution in [0.2, 0.25) is 0 Å². The molecule has 0 saturated carbocycles. The van der Waals surface area contributed by atoms with Crippen LogP contribution >= 0.6 is 7.60 Å². The topological polar surface area (TPSA) is 129 Å². The summed E-state index contributed by atoms with van der Waals surface area (Å²) in [6, 6.07) is 8.98.